The maximum Gasteiger partial charge on any atom is 0.472 e. The van der Waals surface area contributed by atoms with Crippen LogP contribution in [0.4, 0.5) is 0 Å². The number of hydrogen-bond donors (Lipinski definition) is 3. The molecular formula is C80H156O17P2. The first-order valence-corrected chi connectivity index (χ1v) is 44.5. The normalized spacial score (nSPS) is 13.9. The summed E-state index contributed by atoms with van der Waals surface area (Å²) in [5.74, 6) is -0.515. The summed E-state index contributed by atoms with van der Waals surface area (Å²) in [7, 11) is -9.92. The highest BCUT2D eigenvalue weighted by molar-refractivity contribution is 7.47. The molecule has 2 unspecified atom stereocenters. The third-order valence-electron chi connectivity index (χ3n) is 18.7. The molecule has 0 amide bonds. The number of phosphoric acid groups is 2. The number of ether oxygens (including phenoxy) is 4. The van der Waals surface area contributed by atoms with E-state index in [-0.39, 0.29) is 25.7 Å². The van der Waals surface area contributed by atoms with Crippen LogP contribution in [0.2, 0.25) is 0 Å². The number of carbonyl (C=O) groups is 4. The molecule has 0 aromatic rings. The van der Waals surface area contributed by atoms with Crippen molar-refractivity contribution in [2.75, 3.05) is 39.6 Å². The molecule has 0 bridgehead atoms. The van der Waals surface area contributed by atoms with Gasteiger partial charge in [0.25, 0.3) is 0 Å². The van der Waals surface area contributed by atoms with Crippen LogP contribution in [0.1, 0.15) is 420 Å². The number of hydrogen-bond acceptors (Lipinski definition) is 15. The monoisotopic (exact) mass is 1450 g/mol. The number of esters is 4. The van der Waals surface area contributed by atoms with Gasteiger partial charge < -0.3 is 33.8 Å². The Kier molecular flexibility index (Phi) is 70.3. The Bertz CT molecular complexity index is 1910. The highest BCUT2D eigenvalue weighted by Crippen LogP contribution is 2.45. The second-order valence-corrected chi connectivity index (χ2v) is 32.7. The van der Waals surface area contributed by atoms with Gasteiger partial charge in [-0.05, 0) is 37.5 Å². The van der Waals surface area contributed by atoms with Crippen molar-refractivity contribution in [1.82, 2.24) is 0 Å². The molecule has 99 heavy (non-hydrogen) atoms. The van der Waals surface area contributed by atoms with Gasteiger partial charge >= 0.3 is 39.5 Å². The number of rotatable bonds is 79. The minimum absolute atomic E-state index is 0.108. The Balaban J connectivity index is 5.23. The van der Waals surface area contributed by atoms with Crippen LogP contribution in [-0.4, -0.2) is 96.7 Å². The zero-order valence-electron chi connectivity index (χ0n) is 64.8. The van der Waals surface area contributed by atoms with Gasteiger partial charge in [-0.1, -0.05) is 369 Å². The van der Waals surface area contributed by atoms with Crippen molar-refractivity contribution in [1.29, 1.82) is 0 Å². The lowest BCUT2D eigenvalue weighted by Gasteiger charge is -2.21. The summed E-state index contributed by atoms with van der Waals surface area (Å²) in [5.41, 5.74) is 0. The van der Waals surface area contributed by atoms with Crippen LogP contribution in [0.5, 0.6) is 0 Å². The van der Waals surface area contributed by atoms with E-state index in [1.54, 1.807) is 0 Å². The second-order valence-electron chi connectivity index (χ2n) is 29.8. The average molecular weight is 1450 g/mol. The molecule has 0 aliphatic heterocycles. The van der Waals surface area contributed by atoms with Crippen molar-refractivity contribution in [3.05, 3.63) is 0 Å². The first kappa shape index (κ1) is 97.1. The lowest BCUT2D eigenvalue weighted by atomic mass is 10.0. The van der Waals surface area contributed by atoms with Gasteiger partial charge in [0.05, 0.1) is 26.4 Å². The predicted molar refractivity (Wildman–Crippen MR) is 405 cm³/mol. The lowest BCUT2D eigenvalue weighted by Crippen LogP contribution is -2.30. The summed E-state index contributed by atoms with van der Waals surface area (Å²) in [6, 6.07) is 0. The van der Waals surface area contributed by atoms with E-state index in [9.17, 15) is 43.2 Å². The molecule has 0 saturated heterocycles. The van der Waals surface area contributed by atoms with Gasteiger partial charge in [-0.15, -0.1) is 0 Å². The van der Waals surface area contributed by atoms with Crippen LogP contribution in [0.3, 0.4) is 0 Å². The van der Waals surface area contributed by atoms with Crippen LogP contribution in [0, 0.1) is 11.8 Å². The van der Waals surface area contributed by atoms with E-state index in [1.165, 1.54) is 238 Å². The van der Waals surface area contributed by atoms with Crippen molar-refractivity contribution >= 4 is 39.5 Å². The van der Waals surface area contributed by atoms with E-state index in [0.29, 0.717) is 25.7 Å². The third-order valence-corrected chi connectivity index (χ3v) is 20.6. The Hall–Kier alpha value is -1.94. The van der Waals surface area contributed by atoms with Gasteiger partial charge in [0.15, 0.2) is 12.2 Å². The molecule has 0 heterocycles. The third kappa shape index (κ3) is 74.1. The summed E-state index contributed by atoms with van der Waals surface area (Å²) in [6.07, 6.45) is 61.0. The summed E-state index contributed by atoms with van der Waals surface area (Å²) in [5, 5.41) is 10.6. The number of aliphatic hydroxyl groups is 1. The van der Waals surface area contributed by atoms with Crippen LogP contribution < -0.4 is 0 Å². The van der Waals surface area contributed by atoms with Gasteiger partial charge in [0.2, 0.25) is 0 Å². The van der Waals surface area contributed by atoms with E-state index in [4.69, 9.17) is 37.0 Å². The van der Waals surface area contributed by atoms with Gasteiger partial charge in [0, 0.05) is 25.7 Å². The maximum atomic E-state index is 13.1. The van der Waals surface area contributed by atoms with Gasteiger partial charge in [-0.3, -0.25) is 37.3 Å². The molecule has 0 aliphatic carbocycles. The summed E-state index contributed by atoms with van der Waals surface area (Å²) >= 11 is 0. The molecule has 19 heteroatoms. The molecule has 0 saturated carbocycles. The smallest absolute Gasteiger partial charge is 0.462 e. The van der Waals surface area contributed by atoms with Gasteiger partial charge in [-0.2, -0.15) is 0 Å². The standard InChI is InChI=1S/C80H156O17P2/c1-7-9-11-13-15-17-18-19-20-21-29-34-40-46-52-58-64-79(84)96-75(68-90-77(82)62-56-50-44-36-16-14-12-10-8-2)70-94-98(86,87)92-66-74(81)67-93-99(88,89)95-71-76(97-80(85)65-59-53-47-41-35-30-25-23-27-32-38-43-49-55-61-73(5)6)69-91-78(83)63-57-51-45-39-33-28-24-22-26-31-37-42-48-54-60-72(3)4/h72-76,81H,7-71H2,1-6H3,(H,86,87)(H,88,89)/t74-,75+,76+/m0/s1. The van der Waals surface area contributed by atoms with E-state index in [1.807, 2.05) is 0 Å². The highest BCUT2D eigenvalue weighted by atomic mass is 31.2. The van der Waals surface area contributed by atoms with Crippen molar-refractivity contribution in [3.8, 4) is 0 Å². The maximum absolute atomic E-state index is 13.1. The number of aliphatic hydroxyl groups excluding tert-OH is 1. The summed E-state index contributed by atoms with van der Waals surface area (Å²) < 4.78 is 68.7. The fourth-order valence-electron chi connectivity index (χ4n) is 12.4. The molecule has 3 N–H and O–H groups in total. The minimum Gasteiger partial charge on any atom is -0.462 e. The molecule has 0 aromatic carbocycles. The molecule has 0 fully saturated rings. The first-order chi connectivity index (χ1) is 47.9. The molecule has 0 spiro atoms. The average Bonchev–Trinajstić information content (AvgIpc) is 1.80. The van der Waals surface area contributed by atoms with Crippen molar-refractivity contribution in [2.24, 2.45) is 11.8 Å². The SMILES string of the molecule is CCCCCCCCCCCCCCCCCCC(=O)O[C@H](COC(=O)CCCCCCCCCCC)COP(=O)(O)OC[C@H](O)COP(=O)(O)OC[C@@H](COC(=O)CCCCCCCCCCCCCCCCC(C)C)OC(=O)CCCCCCCCCCCCCCCCC(C)C. The van der Waals surface area contributed by atoms with E-state index < -0.39 is 97.5 Å². The Morgan fingerprint density at radius 3 is 0.687 bits per heavy atom. The van der Waals surface area contributed by atoms with E-state index in [2.05, 4.69) is 41.5 Å². The molecule has 0 aromatic heterocycles. The summed E-state index contributed by atoms with van der Waals surface area (Å²) in [4.78, 5) is 73.0. The highest BCUT2D eigenvalue weighted by Gasteiger charge is 2.30. The van der Waals surface area contributed by atoms with Gasteiger partial charge in [-0.25, -0.2) is 9.13 Å². The largest absolute Gasteiger partial charge is 0.472 e. The lowest BCUT2D eigenvalue weighted by molar-refractivity contribution is -0.161. The first-order valence-electron chi connectivity index (χ1n) is 41.5. The van der Waals surface area contributed by atoms with E-state index in [0.717, 1.165) is 102 Å². The molecule has 0 radical (unpaired) electrons. The molecule has 588 valence electrons. The quantitative estimate of drug-likeness (QED) is 0.0222. The second kappa shape index (κ2) is 71.7. The molecular weight excluding hydrogens is 1290 g/mol. The topological polar surface area (TPSA) is 237 Å². The molecule has 0 aliphatic rings. The number of carbonyl (C=O) groups excluding carboxylic acids is 4. The zero-order chi connectivity index (χ0) is 72.8. The van der Waals surface area contributed by atoms with Crippen molar-refractivity contribution in [3.63, 3.8) is 0 Å². The van der Waals surface area contributed by atoms with Gasteiger partial charge in [0.1, 0.15) is 19.3 Å². The fraction of sp³-hybridized carbons (Fsp3) is 0.950. The summed E-state index contributed by atoms with van der Waals surface area (Å²) in [6.45, 7) is 9.67. The van der Waals surface area contributed by atoms with Crippen LogP contribution >= 0.6 is 15.6 Å². The van der Waals surface area contributed by atoms with Crippen LogP contribution in [0.25, 0.3) is 0 Å². The van der Waals surface area contributed by atoms with E-state index >= 15 is 0 Å². The zero-order valence-corrected chi connectivity index (χ0v) is 66.6. The molecule has 5 atom stereocenters. The van der Waals surface area contributed by atoms with Crippen molar-refractivity contribution < 1.29 is 80.2 Å². The molecule has 0 rings (SSSR count). The number of unbranched alkanes of at least 4 members (excludes halogenated alkanes) is 49. The Morgan fingerprint density at radius 2 is 0.465 bits per heavy atom. The number of phosphoric ester groups is 2. The Labute approximate surface area is 607 Å². The van der Waals surface area contributed by atoms with Crippen LogP contribution in [0.15, 0.2) is 0 Å². The minimum atomic E-state index is -4.96. The predicted octanol–water partition coefficient (Wildman–Crippen LogP) is 23.9. The van der Waals surface area contributed by atoms with Crippen molar-refractivity contribution in [2.45, 2.75) is 439 Å². The van der Waals surface area contributed by atoms with Crippen LogP contribution in [-0.2, 0) is 65.4 Å². The molecule has 17 nitrogen and oxygen atoms in total. The Morgan fingerprint density at radius 1 is 0.273 bits per heavy atom. The fourth-order valence-corrected chi connectivity index (χ4v) is 13.9.